The monoisotopic (exact) mass is 461 g/mol. The van der Waals surface area contributed by atoms with Gasteiger partial charge in [0, 0.05) is 32.4 Å². The number of hydrogen-bond donors (Lipinski definition) is 1. The van der Waals surface area contributed by atoms with E-state index in [9.17, 15) is 13.5 Å². The van der Waals surface area contributed by atoms with Gasteiger partial charge < -0.3 is 9.84 Å². The van der Waals surface area contributed by atoms with Crippen LogP contribution in [0.15, 0.2) is 47.5 Å². The number of aromatic nitrogens is 1. The van der Waals surface area contributed by atoms with Crippen molar-refractivity contribution in [3.05, 3.63) is 53.7 Å². The fourth-order valence-electron chi connectivity index (χ4n) is 3.66. The zero-order chi connectivity index (χ0) is 23.3. The Kier molecular flexibility index (Phi) is 8.27. The van der Waals surface area contributed by atoms with Crippen molar-refractivity contribution < 1.29 is 18.3 Å². The lowest BCUT2D eigenvalue weighted by atomic mass is 10.1. The fraction of sp³-hybridized carbons (Fsp3) is 0.542. The molecule has 7 nitrogen and oxygen atoms in total. The smallest absolute Gasteiger partial charge is 0.265 e. The molecule has 1 N–H and O–H groups in total. The van der Waals surface area contributed by atoms with Crippen LogP contribution < -0.4 is 4.31 Å². The molecule has 1 atom stereocenters. The van der Waals surface area contributed by atoms with Gasteiger partial charge in [-0.25, -0.2) is 17.7 Å². The minimum Gasteiger partial charge on any atom is -0.387 e. The van der Waals surface area contributed by atoms with E-state index in [2.05, 4.69) is 23.7 Å². The van der Waals surface area contributed by atoms with Gasteiger partial charge in [0.2, 0.25) is 0 Å². The van der Waals surface area contributed by atoms with E-state index in [1.165, 1.54) is 4.31 Å². The summed E-state index contributed by atoms with van der Waals surface area (Å²) in [5, 5.41) is 10.6. The highest BCUT2D eigenvalue weighted by atomic mass is 32.2. The number of aliphatic hydroxyl groups is 1. The lowest BCUT2D eigenvalue weighted by molar-refractivity contribution is 0.0143. The predicted molar refractivity (Wildman–Crippen MR) is 126 cm³/mol. The van der Waals surface area contributed by atoms with Gasteiger partial charge in [0.1, 0.15) is 5.82 Å². The number of sulfonamides is 1. The first-order chi connectivity index (χ1) is 15.2. The van der Waals surface area contributed by atoms with Crippen molar-refractivity contribution in [2.75, 3.05) is 43.7 Å². The Morgan fingerprint density at radius 3 is 2.19 bits per heavy atom. The van der Waals surface area contributed by atoms with Gasteiger partial charge in [-0.2, -0.15) is 0 Å². The summed E-state index contributed by atoms with van der Waals surface area (Å²) in [5.74, 6) is 0.869. The Labute approximate surface area is 192 Å². The van der Waals surface area contributed by atoms with Crippen LogP contribution in [-0.2, 0) is 14.8 Å². The van der Waals surface area contributed by atoms with Gasteiger partial charge in [-0.05, 0) is 41.2 Å². The van der Waals surface area contributed by atoms with E-state index in [1.54, 1.807) is 36.5 Å². The van der Waals surface area contributed by atoms with E-state index in [-0.39, 0.29) is 10.8 Å². The van der Waals surface area contributed by atoms with Crippen molar-refractivity contribution in [1.29, 1.82) is 0 Å². The molecular formula is C24H35N3O4S. The fourth-order valence-corrected chi connectivity index (χ4v) is 5.24. The second-order valence-electron chi connectivity index (χ2n) is 9.03. The molecule has 0 spiro atoms. The number of hydrogen-bond acceptors (Lipinski definition) is 6. The lowest BCUT2D eigenvalue weighted by Gasteiger charge is -2.28. The van der Waals surface area contributed by atoms with Crippen molar-refractivity contribution in [3.8, 4) is 0 Å². The highest BCUT2D eigenvalue weighted by Crippen LogP contribution is 2.26. The number of rotatable bonds is 9. The van der Waals surface area contributed by atoms with Gasteiger partial charge in [-0.1, -0.05) is 45.9 Å². The quantitative estimate of drug-likeness (QED) is 0.616. The maximum absolute atomic E-state index is 13.5. The van der Waals surface area contributed by atoms with Crippen LogP contribution in [0.5, 0.6) is 0 Å². The number of β-amino-alcohol motifs (C(OH)–C–C–N with tert-alkyl or cyclic N) is 1. The van der Waals surface area contributed by atoms with Crippen LogP contribution in [0.25, 0.3) is 0 Å². The van der Waals surface area contributed by atoms with Crippen molar-refractivity contribution in [2.24, 2.45) is 5.92 Å². The first-order valence-electron chi connectivity index (χ1n) is 11.2. The van der Waals surface area contributed by atoms with Crippen molar-refractivity contribution in [3.63, 3.8) is 0 Å². The maximum atomic E-state index is 13.5. The first-order valence-corrected chi connectivity index (χ1v) is 12.7. The highest BCUT2D eigenvalue weighted by Gasteiger charge is 2.27. The Balaban J connectivity index is 1.81. The van der Waals surface area contributed by atoms with E-state index in [4.69, 9.17) is 4.74 Å². The Hall–Kier alpha value is -2.00. The third-order valence-electron chi connectivity index (χ3n) is 5.61. The van der Waals surface area contributed by atoms with Gasteiger partial charge in [0.05, 0.1) is 24.2 Å². The summed E-state index contributed by atoms with van der Waals surface area (Å²) in [6.07, 6.45) is 1.07. The van der Waals surface area contributed by atoms with E-state index < -0.39 is 16.1 Å². The molecule has 1 unspecified atom stereocenters. The molecule has 1 aromatic heterocycles. The van der Waals surface area contributed by atoms with Crippen molar-refractivity contribution in [2.45, 2.75) is 44.6 Å². The summed E-state index contributed by atoms with van der Waals surface area (Å²) in [6.45, 7) is 11.9. The predicted octanol–water partition coefficient (Wildman–Crippen LogP) is 3.42. The maximum Gasteiger partial charge on any atom is 0.265 e. The SMILES string of the molecule is CC(C)CN(c1ccc(C(C)C)cn1)S(=O)(=O)c1ccc(C(O)CN2CCOCC2)cc1. The van der Waals surface area contributed by atoms with E-state index in [0.717, 1.165) is 18.7 Å². The van der Waals surface area contributed by atoms with Gasteiger partial charge in [0.15, 0.2) is 0 Å². The normalized spacial score (nSPS) is 16.5. The van der Waals surface area contributed by atoms with Crippen LogP contribution >= 0.6 is 0 Å². The summed E-state index contributed by atoms with van der Waals surface area (Å²) >= 11 is 0. The zero-order valence-corrected chi connectivity index (χ0v) is 20.3. The van der Waals surface area contributed by atoms with Crippen LogP contribution in [0.1, 0.15) is 50.8 Å². The molecule has 0 radical (unpaired) electrons. The van der Waals surface area contributed by atoms with E-state index >= 15 is 0 Å². The van der Waals surface area contributed by atoms with E-state index in [1.807, 2.05) is 19.9 Å². The summed E-state index contributed by atoms with van der Waals surface area (Å²) < 4.78 is 33.7. The van der Waals surface area contributed by atoms with Gasteiger partial charge in [-0.15, -0.1) is 0 Å². The molecule has 3 rings (SSSR count). The minimum absolute atomic E-state index is 0.131. The lowest BCUT2D eigenvalue weighted by Crippen LogP contribution is -2.38. The van der Waals surface area contributed by atoms with Crippen molar-refractivity contribution in [1.82, 2.24) is 9.88 Å². The molecule has 1 fully saturated rings. The average Bonchev–Trinajstić information content (AvgIpc) is 2.78. The molecular weight excluding hydrogens is 426 g/mol. The molecule has 32 heavy (non-hydrogen) atoms. The Morgan fingerprint density at radius 2 is 1.66 bits per heavy atom. The first kappa shape index (κ1) is 24.6. The number of ether oxygens (including phenoxy) is 1. The number of anilines is 1. The standard InChI is InChI=1S/C24H35N3O4S/c1-18(2)16-27(24-10-7-21(15-25-24)19(3)4)32(29,30)22-8-5-20(6-9-22)23(28)17-26-11-13-31-14-12-26/h5-10,15,18-19,23,28H,11-14,16-17H2,1-4H3. The molecule has 0 aliphatic carbocycles. The molecule has 0 bridgehead atoms. The third-order valence-corrected chi connectivity index (χ3v) is 7.40. The second kappa shape index (κ2) is 10.7. The van der Waals surface area contributed by atoms with Crippen molar-refractivity contribution >= 4 is 15.8 Å². The molecule has 176 valence electrons. The summed E-state index contributed by atoms with van der Waals surface area (Å²) in [4.78, 5) is 6.79. The molecule has 1 aromatic carbocycles. The molecule has 0 saturated carbocycles. The van der Waals surface area contributed by atoms with Gasteiger partial charge >= 0.3 is 0 Å². The number of aliphatic hydroxyl groups excluding tert-OH is 1. The molecule has 1 saturated heterocycles. The number of morpholine rings is 1. The molecule has 2 heterocycles. The topological polar surface area (TPSA) is 83.0 Å². The van der Waals surface area contributed by atoms with Crippen LogP contribution in [0.3, 0.4) is 0 Å². The molecule has 1 aliphatic rings. The largest absolute Gasteiger partial charge is 0.387 e. The molecule has 0 amide bonds. The second-order valence-corrected chi connectivity index (χ2v) is 10.9. The van der Waals surface area contributed by atoms with E-state index in [0.29, 0.717) is 43.6 Å². The summed E-state index contributed by atoms with van der Waals surface area (Å²) in [6, 6.07) is 10.2. The Morgan fingerprint density at radius 1 is 1.03 bits per heavy atom. The van der Waals surface area contributed by atoms with Crippen LogP contribution in [0, 0.1) is 5.92 Å². The zero-order valence-electron chi connectivity index (χ0n) is 19.4. The summed E-state index contributed by atoms with van der Waals surface area (Å²) in [5.41, 5.74) is 1.76. The highest BCUT2D eigenvalue weighted by molar-refractivity contribution is 7.92. The van der Waals surface area contributed by atoms with Crippen LogP contribution in [-0.4, -0.2) is 62.8 Å². The Bertz CT molecular complexity index is 954. The van der Waals surface area contributed by atoms with Crippen LogP contribution in [0.4, 0.5) is 5.82 Å². The van der Waals surface area contributed by atoms with Crippen LogP contribution in [0.2, 0.25) is 0 Å². The molecule has 2 aromatic rings. The molecule has 8 heteroatoms. The summed E-state index contributed by atoms with van der Waals surface area (Å²) in [7, 11) is -3.79. The average molecular weight is 462 g/mol. The minimum atomic E-state index is -3.79. The van der Waals surface area contributed by atoms with Gasteiger partial charge in [0.25, 0.3) is 10.0 Å². The third kappa shape index (κ3) is 6.07. The number of nitrogens with zero attached hydrogens (tertiary/aromatic N) is 3. The number of benzene rings is 1. The number of pyridine rings is 1. The molecule has 1 aliphatic heterocycles. The van der Waals surface area contributed by atoms with Gasteiger partial charge in [-0.3, -0.25) is 4.90 Å².